The minimum atomic E-state index is -0.0175. The number of benzene rings is 2. The van der Waals surface area contributed by atoms with E-state index in [9.17, 15) is 0 Å². The molecule has 3 atom stereocenters. The van der Waals surface area contributed by atoms with E-state index in [-0.39, 0.29) is 12.3 Å². The molecule has 2 aromatic carbocycles. The van der Waals surface area contributed by atoms with E-state index >= 15 is 0 Å². The topological polar surface area (TPSA) is 21.7 Å². The van der Waals surface area contributed by atoms with Crippen molar-refractivity contribution in [3.63, 3.8) is 0 Å². The van der Waals surface area contributed by atoms with Gasteiger partial charge in [-0.15, -0.1) is 0 Å². The first-order valence-corrected chi connectivity index (χ1v) is 7.27. The lowest BCUT2D eigenvalue weighted by atomic mass is 10.0. The summed E-state index contributed by atoms with van der Waals surface area (Å²) in [6, 6.07) is 18.8. The Morgan fingerprint density at radius 2 is 1.62 bits per heavy atom. The monoisotopic (exact) mass is 283 g/mol. The number of rotatable bonds is 3. The van der Waals surface area contributed by atoms with E-state index in [1.165, 1.54) is 5.56 Å². The van der Waals surface area contributed by atoms with Gasteiger partial charge in [-0.3, -0.25) is 4.90 Å². The minimum absolute atomic E-state index is 0.0175. The highest BCUT2D eigenvalue weighted by molar-refractivity contribution is 5.29. The number of hydrogen-bond acceptors (Lipinski definition) is 3. The fourth-order valence-electron chi connectivity index (χ4n) is 2.86. The Kier molecular flexibility index (Phi) is 3.95. The lowest BCUT2D eigenvalue weighted by Gasteiger charge is -2.21. The molecule has 3 nitrogen and oxygen atoms in total. The van der Waals surface area contributed by atoms with Crippen LogP contribution in [0.2, 0.25) is 0 Å². The van der Waals surface area contributed by atoms with Crippen molar-refractivity contribution in [3.8, 4) is 5.75 Å². The van der Waals surface area contributed by atoms with Crippen molar-refractivity contribution in [2.45, 2.75) is 25.3 Å². The lowest BCUT2D eigenvalue weighted by molar-refractivity contribution is 0.00558. The van der Waals surface area contributed by atoms with Gasteiger partial charge in [0.15, 0.2) is 0 Å². The largest absolute Gasteiger partial charge is 0.497 e. The van der Waals surface area contributed by atoms with Gasteiger partial charge in [0.2, 0.25) is 0 Å². The first kappa shape index (κ1) is 14.1. The van der Waals surface area contributed by atoms with E-state index in [2.05, 4.69) is 55.3 Å². The Labute approximate surface area is 126 Å². The van der Waals surface area contributed by atoms with Gasteiger partial charge in [-0.25, -0.2) is 0 Å². The zero-order valence-electron chi connectivity index (χ0n) is 12.7. The average Bonchev–Trinajstić information content (AvgIpc) is 2.84. The highest BCUT2D eigenvalue weighted by Gasteiger charge is 2.38. The summed E-state index contributed by atoms with van der Waals surface area (Å²) >= 11 is 0. The summed E-state index contributed by atoms with van der Waals surface area (Å²) in [7, 11) is 3.79. The lowest BCUT2D eigenvalue weighted by Crippen LogP contribution is -2.27. The first-order chi connectivity index (χ1) is 10.2. The predicted octanol–water partition coefficient (Wildman–Crippen LogP) is 3.79. The van der Waals surface area contributed by atoms with Gasteiger partial charge in [-0.05, 0) is 37.2 Å². The molecule has 2 aromatic rings. The van der Waals surface area contributed by atoms with Crippen LogP contribution in [0.5, 0.6) is 5.75 Å². The SMILES string of the molecule is COc1ccc([C@@H]2O[C@@H](c3ccccc3)[C@H](C)N2C)cc1. The van der Waals surface area contributed by atoms with Crippen molar-refractivity contribution in [2.24, 2.45) is 0 Å². The number of nitrogens with zero attached hydrogens (tertiary/aromatic N) is 1. The van der Waals surface area contributed by atoms with Gasteiger partial charge in [0.05, 0.1) is 7.11 Å². The van der Waals surface area contributed by atoms with Gasteiger partial charge in [0.25, 0.3) is 0 Å². The molecule has 0 saturated carbocycles. The molecule has 0 amide bonds. The molecule has 0 aromatic heterocycles. The third kappa shape index (κ3) is 2.67. The molecular weight excluding hydrogens is 262 g/mol. The van der Waals surface area contributed by atoms with Gasteiger partial charge in [0, 0.05) is 6.04 Å². The Bertz CT molecular complexity index is 582. The van der Waals surface area contributed by atoms with Gasteiger partial charge < -0.3 is 9.47 Å². The maximum atomic E-state index is 6.32. The predicted molar refractivity (Wildman–Crippen MR) is 83.2 cm³/mol. The third-order valence-electron chi connectivity index (χ3n) is 4.26. The van der Waals surface area contributed by atoms with Crippen LogP contribution in [0.4, 0.5) is 0 Å². The molecule has 1 aliphatic heterocycles. The highest BCUT2D eigenvalue weighted by atomic mass is 16.5. The van der Waals surface area contributed by atoms with E-state index in [0.29, 0.717) is 6.04 Å². The third-order valence-corrected chi connectivity index (χ3v) is 4.26. The quantitative estimate of drug-likeness (QED) is 0.855. The fourth-order valence-corrected chi connectivity index (χ4v) is 2.86. The van der Waals surface area contributed by atoms with Crippen molar-refractivity contribution < 1.29 is 9.47 Å². The molecule has 3 heteroatoms. The summed E-state index contributed by atoms with van der Waals surface area (Å²) in [5.74, 6) is 0.868. The van der Waals surface area contributed by atoms with E-state index < -0.39 is 0 Å². The fraction of sp³-hybridized carbons (Fsp3) is 0.333. The molecule has 0 radical (unpaired) electrons. The molecule has 0 aliphatic carbocycles. The van der Waals surface area contributed by atoms with E-state index in [1.807, 2.05) is 18.2 Å². The summed E-state index contributed by atoms with van der Waals surface area (Å²) in [5, 5.41) is 0. The van der Waals surface area contributed by atoms with Crippen LogP contribution < -0.4 is 4.74 Å². The van der Waals surface area contributed by atoms with Crippen LogP contribution in [-0.2, 0) is 4.74 Å². The number of hydrogen-bond donors (Lipinski definition) is 0. The van der Waals surface area contributed by atoms with Gasteiger partial charge >= 0.3 is 0 Å². The highest BCUT2D eigenvalue weighted by Crippen LogP contribution is 2.41. The zero-order chi connectivity index (χ0) is 14.8. The van der Waals surface area contributed by atoms with Gasteiger partial charge in [-0.1, -0.05) is 42.5 Å². The summed E-state index contributed by atoms with van der Waals surface area (Å²) in [6.07, 6.45) is 0.0828. The second-order valence-corrected chi connectivity index (χ2v) is 5.50. The van der Waals surface area contributed by atoms with Gasteiger partial charge in [0.1, 0.15) is 18.1 Å². The van der Waals surface area contributed by atoms with Crippen LogP contribution in [0.3, 0.4) is 0 Å². The molecular formula is C18H21NO2. The van der Waals surface area contributed by atoms with Crippen molar-refractivity contribution in [1.29, 1.82) is 0 Å². The van der Waals surface area contributed by atoms with Crippen LogP contribution in [0.15, 0.2) is 54.6 Å². The van der Waals surface area contributed by atoms with E-state index in [4.69, 9.17) is 9.47 Å². The minimum Gasteiger partial charge on any atom is -0.497 e. The number of ether oxygens (including phenoxy) is 2. The van der Waals surface area contributed by atoms with Crippen molar-refractivity contribution in [2.75, 3.05) is 14.2 Å². The van der Waals surface area contributed by atoms with Gasteiger partial charge in [-0.2, -0.15) is 0 Å². The molecule has 3 rings (SSSR count). The van der Waals surface area contributed by atoms with Crippen molar-refractivity contribution in [3.05, 3.63) is 65.7 Å². The van der Waals surface area contributed by atoms with Crippen molar-refractivity contribution >= 4 is 0 Å². The second-order valence-electron chi connectivity index (χ2n) is 5.50. The van der Waals surface area contributed by atoms with E-state index in [0.717, 1.165) is 11.3 Å². The normalized spacial score (nSPS) is 26.0. The van der Waals surface area contributed by atoms with Crippen LogP contribution in [-0.4, -0.2) is 25.1 Å². The molecule has 21 heavy (non-hydrogen) atoms. The molecule has 1 saturated heterocycles. The Hall–Kier alpha value is -1.84. The standard InChI is InChI=1S/C18H21NO2/c1-13-17(14-7-5-4-6-8-14)21-18(19(13)2)15-9-11-16(20-3)12-10-15/h4-13,17-18H,1-3H3/t13-,17+,18-/m0/s1. The smallest absolute Gasteiger partial charge is 0.137 e. The molecule has 0 bridgehead atoms. The van der Waals surface area contributed by atoms with Crippen LogP contribution >= 0.6 is 0 Å². The summed E-state index contributed by atoms with van der Waals surface area (Å²) in [6.45, 7) is 2.21. The van der Waals surface area contributed by atoms with Crippen LogP contribution in [0, 0.1) is 0 Å². The molecule has 110 valence electrons. The number of likely N-dealkylation sites (N-methyl/N-ethyl adjacent to an activating group) is 1. The Balaban J connectivity index is 1.84. The molecule has 1 fully saturated rings. The maximum absolute atomic E-state index is 6.32. The summed E-state index contributed by atoms with van der Waals surface area (Å²) < 4.78 is 11.5. The molecule has 0 N–H and O–H groups in total. The molecule has 0 spiro atoms. The molecule has 1 heterocycles. The van der Waals surface area contributed by atoms with Crippen LogP contribution in [0.1, 0.15) is 30.4 Å². The zero-order valence-corrected chi connectivity index (χ0v) is 12.7. The Morgan fingerprint density at radius 1 is 0.952 bits per heavy atom. The molecule has 0 unspecified atom stereocenters. The maximum Gasteiger partial charge on any atom is 0.137 e. The first-order valence-electron chi connectivity index (χ1n) is 7.27. The molecule has 1 aliphatic rings. The van der Waals surface area contributed by atoms with Crippen LogP contribution in [0.25, 0.3) is 0 Å². The average molecular weight is 283 g/mol. The Morgan fingerprint density at radius 3 is 2.24 bits per heavy atom. The van der Waals surface area contributed by atoms with E-state index in [1.54, 1.807) is 7.11 Å². The summed E-state index contributed by atoms with van der Waals surface area (Å²) in [5.41, 5.74) is 2.39. The van der Waals surface area contributed by atoms with Crippen molar-refractivity contribution in [1.82, 2.24) is 4.90 Å². The second kappa shape index (κ2) is 5.88. The number of methoxy groups -OCH3 is 1. The summed E-state index contributed by atoms with van der Waals surface area (Å²) in [4.78, 5) is 2.28.